The summed E-state index contributed by atoms with van der Waals surface area (Å²) in [4.78, 5) is 17.6. The second kappa shape index (κ2) is 7.01. The quantitative estimate of drug-likeness (QED) is 0.741. The number of amides is 1. The summed E-state index contributed by atoms with van der Waals surface area (Å²) < 4.78 is 1.81. The van der Waals surface area contributed by atoms with E-state index in [-0.39, 0.29) is 5.91 Å². The predicted molar refractivity (Wildman–Crippen MR) is 65.3 cm³/mol. The Balaban J connectivity index is 2.35. The molecule has 17 heavy (non-hydrogen) atoms. The van der Waals surface area contributed by atoms with Gasteiger partial charge in [0.1, 0.15) is 12.2 Å². The molecule has 0 aromatic carbocycles. The van der Waals surface area contributed by atoms with Crippen molar-refractivity contribution in [2.75, 3.05) is 19.6 Å². The molecule has 0 aliphatic carbocycles. The van der Waals surface area contributed by atoms with Crippen molar-refractivity contribution in [3.8, 4) is 0 Å². The monoisotopic (exact) mass is 239 g/mol. The number of aryl methyl sites for hydroxylation is 1. The fraction of sp³-hybridized carbons (Fsp3) is 0.727. The van der Waals surface area contributed by atoms with Gasteiger partial charge in [-0.3, -0.25) is 4.79 Å². The summed E-state index contributed by atoms with van der Waals surface area (Å²) in [6, 6.07) is 0. The number of likely N-dealkylation sites (N-methyl/N-ethyl adjacent to an activating group) is 1. The Morgan fingerprint density at radius 1 is 1.41 bits per heavy atom. The van der Waals surface area contributed by atoms with E-state index in [4.69, 9.17) is 0 Å². The fourth-order valence-electron chi connectivity index (χ4n) is 1.66. The zero-order valence-corrected chi connectivity index (χ0v) is 10.8. The molecule has 0 atom stereocenters. The number of aromatic nitrogens is 3. The number of carbonyl (C=O) groups is 1. The van der Waals surface area contributed by atoms with E-state index in [1.807, 2.05) is 25.5 Å². The normalized spacial score (nSPS) is 10.5. The molecule has 1 aromatic heterocycles. The lowest BCUT2D eigenvalue weighted by atomic mass is 10.4. The van der Waals surface area contributed by atoms with Crippen LogP contribution >= 0.6 is 0 Å². The first-order chi connectivity index (χ1) is 8.22. The van der Waals surface area contributed by atoms with E-state index in [0.29, 0.717) is 13.1 Å². The van der Waals surface area contributed by atoms with Gasteiger partial charge in [0, 0.05) is 19.6 Å². The van der Waals surface area contributed by atoms with Gasteiger partial charge >= 0.3 is 0 Å². The first-order valence-corrected chi connectivity index (χ1v) is 6.08. The third kappa shape index (κ3) is 3.81. The molecule has 1 amide bonds. The molecule has 1 rings (SSSR count). The van der Waals surface area contributed by atoms with Gasteiger partial charge in [-0.25, -0.2) is 9.67 Å². The van der Waals surface area contributed by atoms with Gasteiger partial charge in [-0.05, 0) is 20.8 Å². The SMILES string of the molecule is CCN(CC)C(=O)CNCc1ncnn1CC. The van der Waals surface area contributed by atoms with Gasteiger partial charge in [-0.2, -0.15) is 5.10 Å². The molecule has 0 spiro atoms. The average Bonchev–Trinajstić information content (AvgIpc) is 2.78. The van der Waals surface area contributed by atoms with Gasteiger partial charge in [-0.1, -0.05) is 0 Å². The Hall–Kier alpha value is -1.43. The lowest BCUT2D eigenvalue weighted by Gasteiger charge is -2.18. The smallest absolute Gasteiger partial charge is 0.236 e. The summed E-state index contributed by atoms with van der Waals surface area (Å²) in [5.74, 6) is 0.984. The average molecular weight is 239 g/mol. The van der Waals surface area contributed by atoms with Crippen LogP contribution in [0.3, 0.4) is 0 Å². The maximum absolute atomic E-state index is 11.7. The Labute approximate surface area is 102 Å². The molecule has 6 heteroatoms. The van der Waals surface area contributed by atoms with Crippen LogP contribution in [0.2, 0.25) is 0 Å². The topological polar surface area (TPSA) is 63.1 Å². The van der Waals surface area contributed by atoms with Crippen molar-refractivity contribution >= 4 is 5.91 Å². The number of nitrogens with one attached hydrogen (secondary N) is 1. The van der Waals surface area contributed by atoms with Gasteiger partial charge in [-0.15, -0.1) is 0 Å². The standard InChI is InChI=1S/C11H21N5O/c1-4-15(5-2)11(17)8-12-7-10-13-9-14-16(10)6-3/h9,12H,4-8H2,1-3H3. The summed E-state index contributed by atoms with van der Waals surface area (Å²) >= 11 is 0. The minimum atomic E-state index is 0.123. The van der Waals surface area contributed by atoms with Gasteiger partial charge in [0.15, 0.2) is 0 Å². The molecule has 6 nitrogen and oxygen atoms in total. The van der Waals surface area contributed by atoms with Crippen LogP contribution in [0.1, 0.15) is 26.6 Å². The molecule has 1 N–H and O–H groups in total. The second-order valence-electron chi connectivity index (χ2n) is 3.66. The second-order valence-corrected chi connectivity index (χ2v) is 3.66. The summed E-state index contributed by atoms with van der Waals surface area (Å²) in [7, 11) is 0. The van der Waals surface area contributed by atoms with E-state index >= 15 is 0 Å². The molecule has 1 aromatic rings. The summed E-state index contributed by atoms with van der Waals surface area (Å²) in [5.41, 5.74) is 0. The van der Waals surface area contributed by atoms with Crippen molar-refractivity contribution in [3.05, 3.63) is 12.2 Å². The highest BCUT2D eigenvalue weighted by atomic mass is 16.2. The number of carbonyl (C=O) groups excluding carboxylic acids is 1. The molecule has 0 radical (unpaired) electrons. The van der Waals surface area contributed by atoms with E-state index in [1.54, 1.807) is 4.90 Å². The molecule has 0 aliphatic rings. The third-order valence-corrected chi connectivity index (χ3v) is 2.67. The largest absolute Gasteiger partial charge is 0.342 e. The summed E-state index contributed by atoms with van der Waals surface area (Å²) in [6.07, 6.45) is 1.53. The fourth-order valence-corrected chi connectivity index (χ4v) is 1.66. The van der Waals surface area contributed by atoms with Crippen molar-refractivity contribution < 1.29 is 4.79 Å². The van der Waals surface area contributed by atoms with E-state index in [0.717, 1.165) is 25.5 Å². The third-order valence-electron chi connectivity index (χ3n) is 2.67. The first kappa shape index (κ1) is 13.6. The van der Waals surface area contributed by atoms with Crippen molar-refractivity contribution in [1.82, 2.24) is 25.0 Å². The van der Waals surface area contributed by atoms with Crippen LogP contribution in [-0.2, 0) is 17.9 Å². The molecule has 0 bridgehead atoms. The Kier molecular flexibility index (Phi) is 5.62. The lowest BCUT2D eigenvalue weighted by molar-refractivity contribution is -0.129. The van der Waals surface area contributed by atoms with Gasteiger partial charge in [0.2, 0.25) is 5.91 Å². The lowest BCUT2D eigenvalue weighted by Crippen LogP contribution is -2.38. The summed E-state index contributed by atoms with van der Waals surface area (Å²) in [6.45, 7) is 9.19. The van der Waals surface area contributed by atoms with Crippen LogP contribution in [-0.4, -0.2) is 45.2 Å². The predicted octanol–water partition coefficient (Wildman–Crippen LogP) is 0.256. The number of hydrogen-bond acceptors (Lipinski definition) is 4. The van der Waals surface area contributed by atoms with Crippen LogP contribution in [0.5, 0.6) is 0 Å². The first-order valence-electron chi connectivity index (χ1n) is 6.08. The minimum Gasteiger partial charge on any atom is -0.342 e. The molecule has 0 unspecified atom stereocenters. The van der Waals surface area contributed by atoms with Gasteiger partial charge < -0.3 is 10.2 Å². The number of nitrogens with zero attached hydrogens (tertiary/aromatic N) is 4. The molecule has 96 valence electrons. The zero-order valence-electron chi connectivity index (χ0n) is 10.8. The Morgan fingerprint density at radius 2 is 2.12 bits per heavy atom. The van der Waals surface area contributed by atoms with Crippen molar-refractivity contribution in [2.45, 2.75) is 33.9 Å². The molecule has 0 aliphatic heterocycles. The molecular formula is C11H21N5O. The van der Waals surface area contributed by atoms with E-state index in [1.165, 1.54) is 6.33 Å². The van der Waals surface area contributed by atoms with E-state index < -0.39 is 0 Å². The van der Waals surface area contributed by atoms with Crippen molar-refractivity contribution in [3.63, 3.8) is 0 Å². The Morgan fingerprint density at radius 3 is 2.71 bits per heavy atom. The summed E-state index contributed by atoms with van der Waals surface area (Å²) in [5, 5.41) is 7.17. The molecule has 0 saturated heterocycles. The van der Waals surface area contributed by atoms with E-state index in [9.17, 15) is 4.79 Å². The van der Waals surface area contributed by atoms with E-state index in [2.05, 4.69) is 15.4 Å². The Bertz CT molecular complexity index is 345. The van der Waals surface area contributed by atoms with Crippen LogP contribution in [0.4, 0.5) is 0 Å². The molecule has 1 heterocycles. The molecule has 0 saturated carbocycles. The maximum atomic E-state index is 11.7. The van der Waals surface area contributed by atoms with Crippen molar-refractivity contribution in [1.29, 1.82) is 0 Å². The molecule has 0 fully saturated rings. The van der Waals surface area contributed by atoms with Gasteiger partial charge in [0.05, 0.1) is 13.1 Å². The van der Waals surface area contributed by atoms with Crippen LogP contribution in [0, 0.1) is 0 Å². The van der Waals surface area contributed by atoms with Crippen molar-refractivity contribution in [2.24, 2.45) is 0 Å². The number of hydrogen-bond donors (Lipinski definition) is 1. The minimum absolute atomic E-state index is 0.123. The zero-order chi connectivity index (χ0) is 12.7. The highest BCUT2D eigenvalue weighted by molar-refractivity contribution is 5.78. The number of rotatable bonds is 7. The van der Waals surface area contributed by atoms with Crippen LogP contribution in [0.15, 0.2) is 6.33 Å². The maximum Gasteiger partial charge on any atom is 0.236 e. The highest BCUT2D eigenvalue weighted by Crippen LogP contribution is 1.93. The molecular weight excluding hydrogens is 218 g/mol. The van der Waals surface area contributed by atoms with Crippen LogP contribution in [0.25, 0.3) is 0 Å². The highest BCUT2D eigenvalue weighted by Gasteiger charge is 2.09. The van der Waals surface area contributed by atoms with Crippen LogP contribution < -0.4 is 5.32 Å². The van der Waals surface area contributed by atoms with Gasteiger partial charge in [0.25, 0.3) is 0 Å².